The standard InChI is InChI=1S/8C14H19ClO/c8*1-10(9-14(2,3)4)13(16)11-6-5-7-12(15)8-11/h8*5-8,10H,9H2,1-4H3/t6*10-;;/m111111../s1/i2D3,3D3,4D3,5D,6D,7D,8D,10D;5D,6D,7D,8D,10D;2D3,3D3,4D3,10D;2D3,3D3,10D;2*2D3,10D;2D3,3D3,4D3,5D,6D,7D,8D,10D;5D,6D,7D,8D,10D. The number of halogens is 8. The van der Waals surface area contributed by atoms with E-state index in [0.29, 0.717) is 26.2 Å². The Morgan fingerprint density at radius 2 is 0.391 bits per heavy atom. The first-order valence-electron chi connectivity index (χ1n) is 70.3. The zero-order chi connectivity index (χ0) is 153. The van der Waals surface area contributed by atoms with Crippen LogP contribution in [0.5, 0.6) is 0 Å². The summed E-state index contributed by atoms with van der Waals surface area (Å²) in [5, 5.41) is -0.644. The topological polar surface area (TPSA) is 137 Å². The molecule has 0 bridgehead atoms. The van der Waals surface area contributed by atoms with E-state index in [1.54, 1.807) is 76.2 Å². The maximum Gasteiger partial charge on any atom is 0.165 e. The molecule has 0 aliphatic rings. The maximum absolute atomic E-state index is 13.0. The van der Waals surface area contributed by atoms with Gasteiger partial charge in [0.1, 0.15) is 0 Å². The van der Waals surface area contributed by atoms with E-state index in [4.69, 9.17) is 179 Å². The lowest BCUT2D eigenvalue weighted by Gasteiger charge is -2.22. The molecule has 8 atom stereocenters. The normalized spacial score (nSPS) is 24.0. The van der Waals surface area contributed by atoms with E-state index in [-0.39, 0.29) is 73.8 Å². The maximum atomic E-state index is 13.0. The van der Waals surface area contributed by atoms with Gasteiger partial charge < -0.3 is 0 Å². The van der Waals surface area contributed by atoms with Crippen molar-refractivity contribution in [2.24, 2.45) is 90.5 Å². The van der Waals surface area contributed by atoms with Crippen LogP contribution in [0.1, 0.15) is 441 Å². The lowest BCUT2D eigenvalue weighted by Crippen LogP contribution is -2.18. The second-order valence-corrected chi connectivity index (χ2v) is 37.3. The molecule has 0 aliphatic carbocycles. The number of benzene rings is 8. The molecule has 0 fully saturated rings. The number of Topliss-reactive ketones (excluding diaryl/α,β-unsaturated/α-hetero) is 8. The van der Waals surface area contributed by atoms with Gasteiger partial charge in [-0.2, -0.15) is 0 Å². The summed E-state index contributed by atoms with van der Waals surface area (Å²) in [5.41, 5.74) is -16.8. The van der Waals surface area contributed by atoms with Gasteiger partial charge in [0.05, 0.1) is 21.9 Å². The fraction of sp³-hybridized carbons (Fsp3) is 0.500. The van der Waals surface area contributed by atoms with Crippen LogP contribution in [0, 0.1) is 90.5 Å². The van der Waals surface area contributed by atoms with Crippen molar-refractivity contribution in [1.29, 1.82) is 0 Å². The molecular formula is C112H152Cl8O8. The lowest BCUT2D eigenvalue weighted by molar-refractivity contribution is 0.0891. The Morgan fingerprint density at radius 3 is 0.555 bits per heavy atom. The van der Waals surface area contributed by atoms with E-state index in [1.165, 1.54) is 83.1 Å². The number of carbonyl (C=O) groups excluding carboxylic acids is 8. The largest absolute Gasteiger partial charge is 0.294 e. The second-order valence-electron chi connectivity index (χ2n) is 34.0. The van der Waals surface area contributed by atoms with Crippen molar-refractivity contribution < 1.29 is 125 Å². The van der Waals surface area contributed by atoms with Gasteiger partial charge in [0.2, 0.25) is 0 Å². The molecule has 128 heavy (non-hydrogen) atoms. The van der Waals surface area contributed by atoms with Gasteiger partial charge in [-0.25, -0.2) is 0 Å². The smallest absolute Gasteiger partial charge is 0.165 e. The molecule has 0 aromatic heterocycles. The average Bonchev–Trinajstić information content (AvgIpc) is 0.712. The average molecular weight is 1970 g/mol. The molecule has 0 radical (unpaired) electrons. The van der Waals surface area contributed by atoms with Gasteiger partial charge in [0.25, 0.3) is 0 Å². The monoisotopic (exact) mass is 1970 g/mol. The molecule has 8 aromatic rings. The van der Waals surface area contributed by atoms with Crippen LogP contribution < -0.4 is 0 Å². The molecule has 2 unspecified atom stereocenters. The van der Waals surface area contributed by atoms with Crippen molar-refractivity contribution in [3.05, 3.63) is 278 Å². The predicted molar refractivity (Wildman–Crippen MR) is 552 cm³/mol. The predicted octanol–water partition coefficient (Wildman–Crippen LogP) is 36.8. The minimum Gasteiger partial charge on any atom is -0.294 e. The highest BCUT2D eigenvalue weighted by atomic mass is 35.5. The minimum absolute atomic E-state index is 0.0366. The van der Waals surface area contributed by atoms with Crippen LogP contribution >= 0.6 is 92.8 Å². The van der Waals surface area contributed by atoms with E-state index in [2.05, 4.69) is 0 Å². The van der Waals surface area contributed by atoms with E-state index in [1.807, 2.05) is 41.5 Å². The summed E-state index contributed by atoms with van der Waals surface area (Å²) in [6, 6.07) is 13.7. The van der Waals surface area contributed by atoms with Gasteiger partial charge in [-0.3, -0.25) is 38.4 Å². The van der Waals surface area contributed by atoms with Crippen LogP contribution in [0.15, 0.2) is 194 Å². The summed E-state index contributed by atoms with van der Waals surface area (Å²) in [6.07, 6.45) is -4.41. The van der Waals surface area contributed by atoms with Crippen molar-refractivity contribution in [2.75, 3.05) is 0 Å². The summed E-state index contributed by atoms with van der Waals surface area (Å²) in [5.74, 6) is -22.5. The number of ketones is 8. The molecule has 8 nitrogen and oxygen atoms in total. The third kappa shape index (κ3) is 53.2. The highest BCUT2D eigenvalue weighted by molar-refractivity contribution is 6.33. The van der Waals surface area contributed by atoms with Gasteiger partial charge in [0.15, 0.2) is 46.3 Å². The van der Waals surface area contributed by atoms with Crippen LogP contribution in [-0.4, -0.2) is 46.3 Å². The molecule has 0 amide bonds. The van der Waals surface area contributed by atoms with Crippen molar-refractivity contribution >= 4 is 139 Å². The van der Waals surface area contributed by atoms with E-state index in [9.17, 15) is 38.4 Å². The van der Waals surface area contributed by atoms with Gasteiger partial charge in [-0.05, 0) is 192 Å². The summed E-state index contributed by atoms with van der Waals surface area (Å²) in [4.78, 5) is 101. The molecule has 0 saturated carbocycles. The third-order valence-electron chi connectivity index (χ3n) is 15.9. The van der Waals surface area contributed by atoms with E-state index < -0.39 is 359 Å². The fourth-order valence-corrected chi connectivity index (χ4v) is 12.7. The van der Waals surface area contributed by atoms with Gasteiger partial charge in [-0.15, -0.1) is 0 Å². The number of carbonyl (C=O) groups is 8. The SMILES string of the molecule is [2H]C([2H])([2H])C(C)(C)C[C@@]([2H])(C)C(=O)c1cccc(Cl)c1.[2H]C([2H])([2H])C(C)(C)C[C@@]([2H])(C)C(=O)c1cccc(Cl)c1.[2H]C([2H])([2H])C(C)(C[C@@]([2H])(C)C(=O)c1cccc(Cl)c1)C([2H])([2H])[2H].[2H]C([2H])([2H])C(C[C@@]([2H])(C)C(=O)c1cccc(Cl)c1)(C([2H])([2H])[2H])C([2H])([2H])[2H].[2H]c1c([2H])c(Cl)c([2H])c(C(=O)C([2H])(C)CC(C([2H])([2H])[2H])(C([2H])([2H])[2H])C([2H])([2H])[2H])c1[2H].[2H]c1c([2H])c(Cl)c([2H])c(C(=O)C([2H])(C)CC(C)(C)C)c1[2H].[2H]c1c([2H])c(Cl)c([2H])c(C(=O)[C@]([2H])(C)CC(C([2H])([2H])[2H])(C([2H])([2H])[2H])C([2H])([2H])[2H])c1[2H].[2H]c1c([2H])c(Cl)c([2H])c(C(=O)[C@]([2H])(C)CC(C)(C)C)c1[2H]. The van der Waals surface area contributed by atoms with Crippen LogP contribution in [-0.2, 0) is 0 Å². The highest BCUT2D eigenvalue weighted by Gasteiger charge is 2.30. The first kappa shape index (κ1) is 51.8. The van der Waals surface area contributed by atoms with Crippen molar-refractivity contribution in [3.8, 4) is 0 Å². The molecule has 0 spiro atoms. The highest BCUT2D eigenvalue weighted by Crippen LogP contribution is 2.35. The van der Waals surface area contributed by atoms with Crippen LogP contribution in [0.25, 0.3) is 0 Å². The lowest BCUT2D eigenvalue weighted by atomic mass is 9.82. The van der Waals surface area contributed by atoms with E-state index >= 15 is 0 Å². The molecule has 0 aliphatic heterocycles. The zero-order valence-electron chi connectivity index (χ0n) is 138. The Balaban J connectivity index is 0.00000110. The Bertz CT molecular complexity index is 7270. The first-order valence-corrected chi connectivity index (χ1v) is 41.9. The molecule has 704 valence electrons. The van der Waals surface area contributed by atoms with Gasteiger partial charge in [0, 0.05) is 196 Å². The van der Waals surface area contributed by atoms with Crippen molar-refractivity contribution in [2.45, 2.75) is 272 Å². The second kappa shape index (κ2) is 54.6. The Hall–Kier alpha value is -6.56. The quantitative estimate of drug-likeness (QED) is 0.0546. The minimum atomic E-state index is -3.64. The molecule has 0 N–H and O–H groups in total. The molecule has 16 heteroatoms. The number of hydrogen-bond donors (Lipinski definition) is 0. The zero-order valence-corrected chi connectivity index (χ0v) is 80.7. The van der Waals surface area contributed by atoms with Crippen LogP contribution in [0.3, 0.4) is 0 Å². The molecule has 8 aromatic carbocycles. The summed E-state index contributed by atoms with van der Waals surface area (Å²) >= 11 is 46.4. The summed E-state index contributed by atoms with van der Waals surface area (Å²) in [6.45, 7) is -14.1. The first-order chi connectivity index (χ1) is 83.9. The number of rotatable bonds is 24. The fourth-order valence-electron chi connectivity index (χ4n) is 11.4. The molecule has 8 rings (SSSR count). The van der Waals surface area contributed by atoms with Gasteiger partial charge >= 0.3 is 0 Å². The van der Waals surface area contributed by atoms with Crippen molar-refractivity contribution in [1.82, 2.24) is 0 Å². The summed E-state index contributed by atoms with van der Waals surface area (Å²) < 4.78 is 486. The third-order valence-corrected chi connectivity index (χ3v) is 17.6. The van der Waals surface area contributed by atoms with Crippen LogP contribution in [0.2, 0.25) is 40.2 Å². The molecular weight excluding hydrogens is 1760 g/mol. The molecule has 0 saturated heterocycles. The number of hydrogen-bond acceptors (Lipinski definition) is 8. The Labute approximate surface area is 901 Å². The van der Waals surface area contributed by atoms with E-state index in [0.717, 1.165) is 27.7 Å². The Morgan fingerprint density at radius 1 is 0.234 bits per heavy atom. The molecule has 0 heterocycles. The van der Waals surface area contributed by atoms with Gasteiger partial charge in [-0.1, -0.05) is 410 Å². The van der Waals surface area contributed by atoms with Crippen LogP contribution in [0.4, 0.5) is 0 Å². The Kier molecular flexibility index (Phi) is 22.1. The summed E-state index contributed by atoms with van der Waals surface area (Å²) in [7, 11) is 0. The van der Waals surface area contributed by atoms with Crippen molar-refractivity contribution in [3.63, 3.8) is 0 Å².